The first-order valence-electron chi connectivity index (χ1n) is 7.37. The van der Waals surface area contributed by atoms with E-state index in [0.717, 1.165) is 29.1 Å². The molecule has 1 aliphatic heterocycles. The summed E-state index contributed by atoms with van der Waals surface area (Å²) in [5.41, 5.74) is 6.19. The van der Waals surface area contributed by atoms with Gasteiger partial charge in [-0.2, -0.15) is 0 Å². The average molecular weight is 327 g/mol. The second kappa shape index (κ2) is 5.41. The number of hydrogen-bond donors (Lipinski definition) is 2. The molecule has 4 heteroatoms. The Balaban J connectivity index is 1.88. The molecular weight excluding hydrogens is 312 g/mol. The van der Waals surface area contributed by atoms with Crippen LogP contribution in [0, 0.1) is 0 Å². The maximum absolute atomic E-state index is 6.41. The van der Waals surface area contributed by atoms with E-state index in [2.05, 4.69) is 41.0 Å². The lowest BCUT2D eigenvalue weighted by Crippen LogP contribution is -2.44. The highest BCUT2D eigenvalue weighted by atomic mass is 35.5. The molecule has 0 spiro atoms. The predicted octanol–water partition coefficient (Wildman–Crippen LogP) is 4.22. The van der Waals surface area contributed by atoms with Gasteiger partial charge in [0.1, 0.15) is 0 Å². The number of rotatable bonds is 1. The van der Waals surface area contributed by atoms with Crippen LogP contribution in [-0.2, 0) is 6.42 Å². The summed E-state index contributed by atoms with van der Waals surface area (Å²) in [6.07, 6.45) is 2.05. The molecule has 1 aliphatic carbocycles. The van der Waals surface area contributed by atoms with Crippen LogP contribution in [0.4, 0.5) is 0 Å². The van der Waals surface area contributed by atoms with E-state index in [1.165, 1.54) is 16.7 Å². The van der Waals surface area contributed by atoms with Gasteiger partial charge >= 0.3 is 0 Å². The molecule has 2 aliphatic rings. The molecule has 0 saturated carbocycles. The Kier molecular flexibility index (Phi) is 3.40. The predicted molar refractivity (Wildman–Crippen MR) is 94.7 cm³/mol. The first kappa shape index (κ1) is 13.8. The van der Waals surface area contributed by atoms with Crippen molar-refractivity contribution < 1.29 is 0 Å². The van der Waals surface area contributed by atoms with Gasteiger partial charge in [-0.3, -0.25) is 0 Å². The highest BCUT2D eigenvalue weighted by Crippen LogP contribution is 2.40. The second-order valence-electron chi connectivity index (χ2n) is 5.61. The highest BCUT2D eigenvalue weighted by molar-refractivity contribution is 7.80. The van der Waals surface area contributed by atoms with Crippen LogP contribution in [0.5, 0.6) is 0 Å². The minimum absolute atomic E-state index is 0.0470. The third kappa shape index (κ3) is 2.21. The van der Waals surface area contributed by atoms with Crippen molar-refractivity contribution in [2.75, 3.05) is 0 Å². The summed E-state index contributed by atoms with van der Waals surface area (Å²) in [6.45, 7) is 0. The van der Waals surface area contributed by atoms with Crippen molar-refractivity contribution in [3.63, 3.8) is 0 Å². The van der Waals surface area contributed by atoms with Crippen LogP contribution in [0.25, 0.3) is 5.70 Å². The van der Waals surface area contributed by atoms with E-state index in [0.29, 0.717) is 5.11 Å². The lowest BCUT2D eigenvalue weighted by atomic mass is 9.83. The minimum atomic E-state index is 0.0470. The Morgan fingerprint density at radius 2 is 1.77 bits per heavy atom. The van der Waals surface area contributed by atoms with Crippen LogP contribution in [-0.4, -0.2) is 5.11 Å². The molecule has 2 N–H and O–H groups in total. The smallest absolute Gasteiger partial charge is 0.171 e. The van der Waals surface area contributed by atoms with Gasteiger partial charge in [-0.05, 0) is 47.8 Å². The van der Waals surface area contributed by atoms with Crippen molar-refractivity contribution in [1.29, 1.82) is 0 Å². The van der Waals surface area contributed by atoms with E-state index in [1.54, 1.807) is 0 Å². The molecule has 0 aromatic heterocycles. The van der Waals surface area contributed by atoms with Gasteiger partial charge in [-0.15, -0.1) is 0 Å². The first-order chi connectivity index (χ1) is 10.7. The summed E-state index contributed by atoms with van der Waals surface area (Å²) in [7, 11) is 0. The van der Waals surface area contributed by atoms with Gasteiger partial charge in [-0.1, -0.05) is 54.1 Å². The van der Waals surface area contributed by atoms with E-state index in [4.69, 9.17) is 23.8 Å². The lowest BCUT2D eigenvalue weighted by Gasteiger charge is -2.36. The molecule has 1 unspecified atom stereocenters. The Hall–Kier alpha value is -1.84. The van der Waals surface area contributed by atoms with Crippen molar-refractivity contribution in [2.45, 2.75) is 18.9 Å². The number of fused-ring (bicyclic) bond motifs is 2. The Morgan fingerprint density at radius 1 is 1.00 bits per heavy atom. The molecular formula is C18H15ClN2S. The fourth-order valence-electron chi connectivity index (χ4n) is 3.33. The Labute approximate surface area is 140 Å². The van der Waals surface area contributed by atoms with Crippen molar-refractivity contribution >= 4 is 34.6 Å². The summed E-state index contributed by atoms with van der Waals surface area (Å²) < 4.78 is 0. The molecule has 0 radical (unpaired) electrons. The summed E-state index contributed by atoms with van der Waals surface area (Å²) in [6, 6.07) is 16.5. The highest BCUT2D eigenvalue weighted by Gasteiger charge is 2.31. The topological polar surface area (TPSA) is 24.1 Å². The van der Waals surface area contributed by atoms with Crippen LogP contribution in [0.1, 0.15) is 29.2 Å². The van der Waals surface area contributed by atoms with Crippen molar-refractivity contribution in [1.82, 2.24) is 10.6 Å². The van der Waals surface area contributed by atoms with E-state index in [9.17, 15) is 0 Å². The maximum Gasteiger partial charge on any atom is 0.171 e. The third-order valence-electron chi connectivity index (χ3n) is 4.35. The molecule has 2 nitrogen and oxygen atoms in total. The van der Waals surface area contributed by atoms with Gasteiger partial charge < -0.3 is 10.6 Å². The largest absolute Gasteiger partial charge is 0.352 e. The zero-order valence-electron chi connectivity index (χ0n) is 11.9. The molecule has 110 valence electrons. The van der Waals surface area contributed by atoms with E-state index < -0.39 is 0 Å². The van der Waals surface area contributed by atoms with Crippen LogP contribution in [0.3, 0.4) is 0 Å². The van der Waals surface area contributed by atoms with Crippen LogP contribution in [0.2, 0.25) is 5.02 Å². The number of nitrogens with one attached hydrogen (secondary N) is 2. The average Bonchev–Trinajstić information content (AvgIpc) is 2.54. The first-order valence-corrected chi connectivity index (χ1v) is 8.16. The van der Waals surface area contributed by atoms with Gasteiger partial charge in [0.15, 0.2) is 5.11 Å². The fraction of sp³-hybridized carbons (Fsp3) is 0.167. The maximum atomic E-state index is 6.41. The van der Waals surface area contributed by atoms with Crippen molar-refractivity contribution in [2.24, 2.45) is 0 Å². The standard InChI is InChI=1S/C18H15ClN2S/c19-15-8-4-3-7-13(15)17-14-10-9-11-5-1-2-6-12(11)16(14)20-18(22)21-17/h1-8,17H,9-10H2,(H2,20,21,22). The normalized spacial score (nSPS) is 19.9. The molecule has 1 atom stereocenters. The summed E-state index contributed by atoms with van der Waals surface area (Å²) >= 11 is 11.8. The quantitative estimate of drug-likeness (QED) is 0.767. The Morgan fingerprint density at radius 3 is 2.64 bits per heavy atom. The molecule has 2 aromatic carbocycles. The molecule has 0 fully saturated rings. The zero-order valence-corrected chi connectivity index (χ0v) is 13.5. The minimum Gasteiger partial charge on any atom is -0.352 e. The van der Waals surface area contributed by atoms with Crippen LogP contribution in [0.15, 0.2) is 54.1 Å². The molecule has 2 aromatic rings. The van der Waals surface area contributed by atoms with Crippen LogP contribution < -0.4 is 10.6 Å². The van der Waals surface area contributed by atoms with Gasteiger partial charge in [0.25, 0.3) is 0 Å². The molecule has 22 heavy (non-hydrogen) atoms. The van der Waals surface area contributed by atoms with Gasteiger partial charge in [-0.25, -0.2) is 0 Å². The summed E-state index contributed by atoms with van der Waals surface area (Å²) in [4.78, 5) is 0. The second-order valence-corrected chi connectivity index (χ2v) is 6.43. The monoisotopic (exact) mass is 326 g/mol. The van der Waals surface area contributed by atoms with Gasteiger partial charge in [0, 0.05) is 16.3 Å². The lowest BCUT2D eigenvalue weighted by molar-refractivity contribution is 0.667. The number of hydrogen-bond acceptors (Lipinski definition) is 1. The van der Waals surface area contributed by atoms with E-state index >= 15 is 0 Å². The SMILES string of the molecule is S=C1NC2=C(CCc3ccccc32)C(c2ccccc2Cl)N1. The number of benzene rings is 2. The summed E-state index contributed by atoms with van der Waals surface area (Å²) in [5.74, 6) is 0. The molecule has 0 amide bonds. The third-order valence-corrected chi connectivity index (χ3v) is 4.91. The zero-order chi connectivity index (χ0) is 15.1. The van der Waals surface area contributed by atoms with E-state index in [1.807, 2.05) is 18.2 Å². The van der Waals surface area contributed by atoms with E-state index in [-0.39, 0.29) is 6.04 Å². The Bertz CT molecular complexity index is 797. The van der Waals surface area contributed by atoms with Crippen molar-refractivity contribution in [3.8, 4) is 0 Å². The van der Waals surface area contributed by atoms with Crippen LogP contribution >= 0.6 is 23.8 Å². The fourth-order valence-corrected chi connectivity index (χ4v) is 3.79. The number of aryl methyl sites for hydroxylation is 1. The van der Waals surface area contributed by atoms with Crippen molar-refractivity contribution in [3.05, 3.63) is 75.8 Å². The molecule has 1 heterocycles. The van der Waals surface area contributed by atoms with Gasteiger partial charge in [0.2, 0.25) is 0 Å². The van der Waals surface area contributed by atoms with Gasteiger partial charge in [0.05, 0.1) is 6.04 Å². The number of thiocarbonyl (C=S) groups is 1. The number of halogens is 1. The summed E-state index contributed by atoms with van der Waals surface area (Å²) in [5, 5.41) is 8.16. The molecule has 0 bridgehead atoms. The molecule has 4 rings (SSSR count). The molecule has 0 saturated heterocycles.